The smallest absolute Gasteiger partial charge is 0.155 e. The highest BCUT2D eigenvalue weighted by Gasteiger charge is 2.35. The van der Waals surface area contributed by atoms with Gasteiger partial charge in [0.15, 0.2) is 11.5 Å². The number of ether oxygens (including phenoxy) is 1. The lowest BCUT2D eigenvalue weighted by molar-refractivity contribution is 0.476. The van der Waals surface area contributed by atoms with E-state index < -0.39 is 0 Å². The van der Waals surface area contributed by atoms with E-state index in [-0.39, 0.29) is 5.56 Å². The van der Waals surface area contributed by atoms with Gasteiger partial charge in [0.05, 0.1) is 33.8 Å². The van der Waals surface area contributed by atoms with Crippen LogP contribution in [0.25, 0.3) is 33.1 Å². The van der Waals surface area contributed by atoms with Gasteiger partial charge in [0.2, 0.25) is 0 Å². The van der Waals surface area contributed by atoms with Gasteiger partial charge in [-0.05, 0) is 72.2 Å². The first kappa shape index (κ1) is 24.7. The number of nitrogens with zero attached hydrogens (tertiary/aromatic N) is 4. The normalized spacial score (nSPS) is 13.3. The molecule has 0 amide bonds. The molecule has 0 spiro atoms. The van der Waals surface area contributed by atoms with E-state index in [0.29, 0.717) is 58.1 Å². The lowest BCUT2D eigenvalue weighted by Crippen LogP contribution is -2.21. The van der Waals surface area contributed by atoms with Crippen LogP contribution >= 0.6 is 0 Å². The van der Waals surface area contributed by atoms with Crippen LogP contribution in [0.4, 0.5) is 17.1 Å². The number of para-hydroxylation sites is 1. The Morgan fingerprint density at radius 1 is 0.581 bits per heavy atom. The number of nitriles is 3. The van der Waals surface area contributed by atoms with Crippen molar-refractivity contribution >= 4 is 39.0 Å². The van der Waals surface area contributed by atoms with Gasteiger partial charge in [0.25, 0.3) is 0 Å². The summed E-state index contributed by atoms with van der Waals surface area (Å²) in [5.41, 5.74) is 7.92. The highest BCUT2D eigenvalue weighted by atomic mass is 16.5. The Morgan fingerprint density at radius 3 is 2.05 bits per heavy atom. The van der Waals surface area contributed by atoms with Crippen LogP contribution < -0.4 is 9.64 Å². The summed E-state index contributed by atoms with van der Waals surface area (Å²) in [6.45, 7) is 0. The van der Waals surface area contributed by atoms with E-state index in [1.165, 1.54) is 0 Å². The van der Waals surface area contributed by atoms with Crippen molar-refractivity contribution in [3.63, 3.8) is 0 Å². The molecule has 0 saturated carbocycles. The van der Waals surface area contributed by atoms with Crippen LogP contribution in [0.15, 0.2) is 89.3 Å². The average Bonchev–Trinajstić information content (AvgIpc) is 3.42. The van der Waals surface area contributed by atoms with E-state index in [0.717, 1.165) is 51.5 Å². The zero-order chi connectivity index (χ0) is 29.1. The predicted octanol–water partition coefficient (Wildman–Crippen LogP) is 9.32. The molecule has 5 aromatic carbocycles. The van der Waals surface area contributed by atoms with Crippen LogP contribution in [-0.2, 0) is 12.8 Å². The summed E-state index contributed by atoms with van der Waals surface area (Å²) in [7, 11) is 0. The van der Waals surface area contributed by atoms with Gasteiger partial charge in [-0.15, -0.1) is 0 Å². The molecule has 0 radical (unpaired) electrons. The van der Waals surface area contributed by atoms with Crippen LogP contribution in [0.3, 0.4) is 0 Å². The van der Waals surface area contributed by atoms with Crippen LogP contribution in [0, 0.1) is 34.0 Å². The lowest BCUT2D eigenvalue weighted by atomic mass is 9.81. The summed E-state index contributed by atoms with van der Waals surface area (Å²) in [6.07, 6.45) is 3.22. The Balaban J connectivity index is 1.47. The lowest BCUT2D eigenvalue weighted by Gasteiger charge is -2.35. The van der Waals surface area contributed by atoms with Gasteiger partial charge in [0.1, 0.15) is 29.4 Å². The van der Waals surface area contributed by atoms with Crippen molar-refractivity contribution in [2.24, 2.45) is 0 Å². The fourth-order valence-electron chi connectivity index (χ4n) is 6.65. The second-order valence-corrected chi connectivity index (χ2v) is 10.9. The second-order valence-electron chi connectivity index (χ2n) is 10.9. The van der Waals surface area contributed by atoms with Gasteiger partial charge < -0.3 is 14.1 Å². The molecule has 0 fully saturated rings. The van der Waals surface area contributed by atoms with E-state index >= 15 is 0 Å². The standard InChI is InChI=1S/C37H22N4O2/c38-19-28-24-10-4-5-11-25(24)29(20-39)37(30(28)21-40)41-31-15-14-23(22-8-2-1-3-9-22)16-35(31)43-36-18-34-27(17-32(36)41)26-12-6-7-13-33(26)42-34/h1-3,6-9,12-18H,4-5,10-11H2. The van der Waals surface area contributed by atoms with Crippen molar-refractivity contribution < 1.29 is 9.15 Å². The minimum absolute atomic E-state index is 0.211. The van der Waals surface area contributed by atoms with Crippen molar-refractivity contribution in [1.82, 2.24) is 0 Å². The summed E-state index contributed by atoms with van der Waals surface area (Å²) in [5, 5.41) is 33.4. The third-order valence-corrected chi connectivity index (χ3v) is 8.58. The van der Waals surface area contributed by atoms with Gasteiger partial charge in [-0.1, -0.05) is 54.6 Å². The van der Waals surface area contributed by atoms with Gasteiger partial charge in [0, 0.05) is 16.8 Å². The molecule has 0 atom stereocenters. The van der Waals surface area contributed by atoms with Crippen molar-refractivity contribution in [2.75, 3.05) is 4.90 Å². The SMILES string of the molecule is N#Cc1c(C#N)c(N2c3ccc(-c4ccccc4)cc3Oc3cc4oc5ccccc5c4cc32)c(C#N)c2c1CCCC2. The number of hydrogen-bond acceptors (Lipinski definition) is 6. The molecule has 6 heteroatoms. The number of furan rings is 1. The minimum atomic E-state index is 0.211. The first-order chi connectivity index (χ1) is 21.2. The molecule has 8 rings (SSSR count). The van der Waals surface area contributed by atoms with E-state index in [2.05, 4.69) is 18.2 Å². The van der Waals surface area contributed by atoms with Crippen molar-refractivity contribution in [2.45, 2.75) is 25.7 Å². The largest absolute Gasteiger partial charge is 0.456 e. The molecule has 43 heavy (non-hydrogen) atoms. The molecule has 1 aliphatic heterocycles. The van der Waals surface area contributed by atoms with Crippen LogP contribution in [-0.4, -0.2) is 0 Å². The number of hydrogen-bond donors (Lipinski definition) is 0. The molecular weight excluding hydrogens is 532 g/mol. The summed E-state index contributed by atoms with van der Waals surface area (Å²) in [4.78, 5) is 1.94. The molecular formula is C37H22N4O2. The Kier molecular flexibility index (Phi) is 5.48. The maximum atomic E-state index is 10.6. The quantitative estimate of drug-likeness (QED) is 0.211. The van der Waals surface area contributed by atoms with Crippen LogP contribution in [0.1, 0.15) is 40.7 Å². The fourth-order valence-corrected chi connectivity index (χ4v) is 6.65. The maximum Gasteiger partial charge on any atom is 0.155 e. The Hall–Kier alpha value is -6.03. The van der Waals surface area contributed by atoms with Gasteiger partial charge >= 0.3 is 0 Å². The van der Waals surface area contributed by atoms with E-state index in [9.17, 15) is 15.8 Å². The maximum absolute atomic E-state index is 10.6. The molecule has 1 aliphatic carbocycles. The van der Waals surface area contributed by atoms with Gasteiger partial charge in [-0.25, -0.2) is 0 Å². The van der Waals surface area contributed by atoms with Gasteiger partial charge in [-0.3, -0.25) is 0 Å². The molecule has 202 valence electrons. The topological polar surface area (TPSA) is 97.0 Å². The summed E-state index contributed by atoms with van der Waals surface area (Å²) in [5.74, 6) is 1.11. The van der Waals surface area contributed by atoms with Crippen LogP contribution in [0.2, 0.25) is 0 Å². The summed E-state index contributed by atoms with van der Waals surface area (Å²) < 4.78 is 12.8. The molecule has 0 saturated heterocycles. The molecule has 0 bridgehead atoms. The molecule has 6 aromatic rings. The molecule has 0 unspecified atom stereocenters. The third kappa shape index (κ3) is 3.63. The first-order valence-corrected chi connectivity index (χ1v) is 14.2. The third-order valence-electron chi connectivity index (χ3n) is 8.58. The first-order valence-electron chi connectivity index (χ1n) is 14.2. The molecule has 1 aromatic heterocycles. The highest BCUT2D eigenvalue weighted by Crippen LogP contribution is 2.55. The number of benzene rings is 5. The monoisotopic (exact) mass is 554 g/mol. The van der Waals surface area contributed by atoms with Gasteiger partial charge in [-0.2, -0.15) is 15.8 Å². The number of anilines is 3. The zero-order valence-corrected chi connectivity index (χ0v) is 23.0. The zero-order valence-electron chi connectivity index (χ0n) is 23.0. The van der Waals surface area contributed by atoms with E-state index in [1.807, 2.05) is 89.8 Å². The molecule has 0 N–H and O–H groups in total. The predicted molar refractivity (Wildman–Crippen MR) is 165 cm³/mol. The Bertz CT molecular complexity index is 2260. The Morgan fingerprint density at radius 2 is 1.28 bits per heavy atom. The highest BCUT2D eigenvalue weighted by molar-refractivity contribution is 6.08. The van der Waals surface area contributed by atoms with Crippen LogP contribution in [0.5, 0.6) is 11.5 Å². The number of fused-ring (bicyclic) bond motifs is 6. The van der Waals surface area contributed by atoms with Crippen molar-refractivity contribution in [1.29, 1.82) is 15.8 Å². The van der Waals surface area contributed by atoms with Crippen molar-refractivity contribution in [3.05, 3.63) is 113 Å². The molecule has 6 nitrogen and oxygen atoms in total. The average molecular weight is 555 g/mol. The van der Waals surface area contributed by atoms with E-state index in [4.69, 9.17) is 9.15 Å². The Labute approximate surface area is 247 Å². The van der Waals surface area contributed by atoms with Crippen molar-refractivity contribution in [3.8, 4) is 40.8 Å². The minimum Gasteiger partial charge on any atom is -0.456 e. The fraction of sp³-hybridized carbons (Fsp3) is 0.108. The number of rotatable bonds is 2. The molecule has 2 heterocycles. The summed E-state index contributed by atoms with van der Waals surface area (Å²) in [6, 6.07) is 34.8. The van der Waals surface area contributed by atoms with E-state index in [1.54, 1.807) is 0 Å². The second kappa shape index (κ2) is 9.52. The molecule has 2 aliphatic rings. The summed E-state index contributed by atoms with van der Waals surface area (Å²) >= 11 is 0.